The zero-order valence-electron chi connectivity index (χ0n) is 9.11. The van der Waals surface area contributed by atoms with Crippen molar-refractivity contribution in [3.05, 3.63) is 0 Å². The van der Waals surface area contributed by atoms with Gasteiger partial charge in [0.2, 0.25) is 0 Å². The van der Waals surface area contributed by atoms with Crippen LogP contribution < -0.4 is 5.73 Å². The molecular formula is C11H24ClN. The molecule has 0 amide bonds. The lowest BCUT2D eigenvalue weighted by Crippen LogP contribution is -2.25. The van der Waals surface area contributed by atoms with E-state index in [1.807, 2.05) is 0 Å². The van der Waals surface area contributed by atoms with E-state index in [2.05, 4.69) is 13.8 Å². The normalized spacial score (nSPS) is 12.0. The molecule has 0 unspecified atom stereocenters. The van der Waals surface area contributed by atoms with E-state index >= 15 is 0 Å². The summed E-state index contributed by atoms with van der Waals surface area (Å²) in [5.74, 6) is 0. The minimum atomic E-state index is 0.000764. The summed E-state index contributed by atoms with van der Waals surface area (Å²) in [5, 5.41) is 0. The zero-order valence-corrected chi connectivity index (χ0v) is 9.87. The van der Waals surface area contributed by atoms with Crippen molar-refractivity contribution in [3.8, 4) is 0 Å². The first-order valence-corrected chi connectivity index (χ1v) is 5.95. The van der Waals surface area contributed by atoms with Crippen molar-refractivity contribution >= 4 is 11.6 Å². The SMILES string of the molecule is CCCCC(Cl)(CCN)CCCC. The fourth-order valence-electron chi connectivity index (χ4n) is 1.62. The molecule has 1 nitrogen and oxygen atoms in total. The van der Waals surface area contributed by atoms with Crippen molar-refractivity contribution in [2.45, 2.75) is 63.7 Å². The van der Waals surface area contributed by atoms with Crippen LogP contribution in [0.1, 0.15) is 58.8 Å². The first-order chi connectivity index (χ1) is 6.18. The Bertz CT molecular complexity index is 107. The molecular weight excluding hydrogens is 182 g/mol. The Kier molecular flexibility index (Phi) is 7.78. The fraction of sp³-hybridized carbons (Fsp3) is 1.00. The van der Waals surface area contributed by atoms with E-state index in [1.54, 1.807) is 0 Å². The van der Waals surface area contributed by atoms with Crippen LogP contribution >= 0.6 is 11.6 Å². The third kappa shape index (κ3) is 6.34. The number of hydrogen-bond donors (Lipinski definition) is 1. The minimum absolute atomic E-state index is 0.000764. The maximum atomic E-state index is 6.52. The molecule has 0 aliphatic heterocycles. The van der Waals surface area contributed by atoms with Gasteiger partial charge in [-0.15, -0.1) is 11.6 Å². The van der Waals surface area contributed by atoms with Gasteiger partial charge in [0, 0.05) is 4.87 Å². The number of rotatable bonds is 8. The van der Waals surface area contributed by atoms with Crippen LogP contribution in [0.2, 0.25) is 0 Å². The van der Waals surface area contributed by atoms with Gasteiger partial charge >= 0.3 is 0 Å². The number of nitrogens with two attached hydrogens (primary N) is 1. The Hall–Kier alpha value is 0.250. The zero-order chi connectivity index (χ0) is 10.2. The first kappa shape index (κ1) is 13.2. The highest BCUT2D eigenvalue weighted by Gasteiger charge is 2.24. The molecule has 0 aliphatic carbocycles. The molecule has 0 saturated heterocycles. The summed E-state index contributed by atoms with van der Waals surface area (Å²) in [7, 11) is 0. The van der Waals surface area contributed by atoms with Crippen molar-refractivity contribution in [2.24, 2.45) is 5.73 Å². The molecule has 0 aromatic rings. The lowest BCUT2D eigenvalue weighted by Gasteiger charge is -2.26. The molecule has 0 fully saturated rings. The van der Waals surface area contributed by atoms with Gasteiger partial charge in [-0.05, 0) is 25.8 Å². The van der Waals surface area contributed by atoms with Gasteiger partial charge in [0.1, 0.15) is 0 Å². The van der Waals surface area contributed by atoms with E-state index in [1.165, 1.54) is 25.7 Å². The van der Waals surface area contributed by atoms with Crippen LogP contribution in [0, 0.1) is 0 Å². The van der Waals surface area contributed by atoms with Gasteiger partial charge in [-0.25, -0.2) is 0 Å². The summed E-state index contributed by atoms with van der Waals surface area (Å²) in [5.41, 5.74) is 5.57. The van der Waals surface area contributed by atoms with E-state index < -0.39 is 0 Å². The average Bonchev–Trinajstić information content (AvgIpc) is 2.12. The molecule has 0 saturated carbocycles. The van der Waals surface area contributed by atoms with Crippen LogP contribution in [0.4, 0.5) is 0 Å². The van der Waals surface area contributed by atoms with Crippen LogP contribution in [0.15, 0.2) is 0 Å². The van der Waals surface area contributed by atoms with E-state index in [0.717, 1.165) is 25.8 Å². The number of unbranched alkanes of at least 4 members (excludes halogenated alkanes) is 2. The van der Waals surface area contributed by atoms with E-state index in [9.17, 15) is 0 Å². The predicted molar refractivity (Wildman–Crippen MR) is 61.3 cm³/mol. The van der Waals surface area contributed by atoms with Crippen molar-refractivity contribution in [3.63, 3.8) is 0 Å². The highest BCUT2D eigenvalue weighted by atomic mass is 35.5. The Labute approximate surface area is 88.0 Å². The highest BCUT2D eigenvalue weighted by Crippen LogP contribution is 2.31. The van der Waals surface area contributed by atoms with Crippen LogP contribution in [0.25, 0.3) is 0 Å². The molecule has 0 aliphatic rings. The number of hydrogen-bond acceptors (Lipinski definition) is 1. The topological polar surface area (TPSA) is 26.0 Å². The lowest BCUT2D eigenvalue weighted by atomic mass is 9.92. The second-order valence-electron chi connectivity index (χ2n) is 3.90. The summed E-state index contributed by atoms with van der Waals surface area (Å²) in [6.45, 7) is 5.13. The monoisotopic (exact) mass is 205 g/mol. The molecule has 80 valence electrons. The van der Waals surface area contributed by atoms with E-state index in [0.29, 0.717) is 0 Å². The smallest absolute Gasteiger partial charge is 0.0458 e. The van der Waals surface area contributed by atoms with Gasteiger partial charge in [0.15, 0.2) is 0 Å². The molecule has 13 heavy (non-hydrogen) atoms. The van der Waals surface area contributed by atoms with Crippen molar-refractivity contribution in [1.82, 2.24) is 0 Å². The van der Waals surface area contributed by atoms with Crippen molar-refractivity contribution in [2.75, 3.05) is 6.54 Å². The Balaban J connectivity index is 3.84. The quantitative estimate of drug-likeness (QED) is 0.601. The second-order valence-corrected chi connectivity index (χ2v) is 4.70. The maximum Gasteiger partial charge on any atom is 0.0458 e. The summed E-state index contributed by atoms with van der Waals surface area (Å²) >= 11 is 6.52. The molecule has 0 heterocycles. The van der Waals surface area contributed by atoms with Gasteiger partial charge in [0.25, 0.3) is 0 Å². The molecule has 2 N–H and O–H groups in total. The summed E-state index contributed by atoms with van der Waals surface area (Å²) in [4.78, 5) is 0.000764. The lowest BCUT2D eigenvalue weighted by molar-refractivity contribution is 0.433. The third-order valence-corrected chi connectivity index (χ3v) is 3.12. The standard InChI is InChI=1S/C11H24ClN/c1-3-5-7-11(12,9-10-13)8-6-4-2/h3-10,13H2,1-2H3. The summed E-state index contributed by atoms with van der Waals surface area (Å²) in [6, 6.07) is 0. The van der Waals surface area contributed by atoms with Crippen molar-refractivity contribution < 1.29 is 0 Å². The van der Waals surface area contributed by atoms with Gasteiger partial charge in [0.05, 0.1) is 0 Å². The van der Waals surface area contributed by atoms with Gasteiger partial charge in [-0.1, -0.05) is 39.5 Å². The minimum Gasteiger partial charge on any atom is -0.330 e. The maximum absolute atomic E-state index is 6.52. The molecule has 0 bridgehead atoms. The Morgan fingerprint density at radius 1 is 1.00 bits per heavy atom. The molecule has 0 spiro atoms. The van der Waals surface area contributed by atoms with E-state index in [4.69, 9.17) is 17.3 Å². The van der Waals surface area contributed by atoms with Crippen LogP contribution in [-0.4, -0.2) is 11.4 Å². The molecule has 0 atom stereocenters. The number of halogens is 1. The van der Waals surface area contributed by atoms with Crippen molar-refractivity contribution in [1.29, 1.82) is 0 Å². The largest absolute Gasteiger partial charge is 0.330 e. The summed E-state index contributed by atoms with van der Waals surface area (Å²) in [6.07, 6.45) is 8.13. The van der Waals surface area contributed by atoms with Crippen LogP contribution in [0.5, 0.6) is 0 Å². The van der Waals surface area contributed by atoms with Gasteiger partial charge < -0.3 is 5.73 Å². The molecule has 0 aromatic heterocycles. The van der Waals surface area contributed by atoms with E-state index in [-0.39, 0.29) is 4.87 Å². The Morgan fingerprint density at radius 2 is 1.46 bits per heavy atom. The average molecular weight is 206 g/mol. The number of alkyl halides is 1. The molecule has 0 aromatic carbocycles. The summed E-state index contributed by atoms with van der Waals surface area (Å²) < 4.78 is 0. The van der Waals surface area contributed by atoms with Gasteiger partial charge in [-0.3, -0.25) is 0 Å². The molecule has 0 rings (SSSR count). The van der Waals surface area contributed by atoms with Gasteiger partial charge in [-0.2, -0.15) is 0 Å². The predicted octanol–water partition coefficient (Wildman–Crippen LogP) is 3.69. The molecule has 2 heteroatoms. The third-order valence-electron chi connectivity index (χ3n) is 2.55. The fourth-order valence-corrected chi connectivity index (χ4v) is 2.00. The van der Waals surface area contributed by atoms with Crippen LogP contribution in [0.3, 0.4) is 0 Å². The Morgan fingerprint density at radius 3 is 1.77 bits per heavy atom. The molecule has 0 radical (unpaired) electrons. The van der Waals surface area contributed by atoms with Crippen LogP contribution in [-0.2, 0) is 0 Å². The first-order valence-electron chi connectivity index (χ1n) is 5.57. The second kappa shape index (κ2) is 7.64. The highest BCUT2D eigenvalue weighted by molar-refractivity contribution is 6.23.